The minimum absolute atomic E-state index is 0.130. The molecule has 0 aliphatic rings. The number of carboxylic acids is 1. The van der Waals surface area contributed by atoms with Gasteiger partial charge in [-0.2, -0.15) is 12.7 Å². The Morgan fingerprint density at radius 1 is 1.38 bits per heavy atom. The lowest BCUT2D eigenvalue weighted by Gasteiger charge is -2.21. The van der Waals surface area contributed by atoms with Crippen LogP contribution in [0.3, 0.4) is 0 Å². The zero-order chi connectivity index (χ0) is 12.9. The highest BCUT2D eigenvalue weighted by atomic mass is 32.2. The lowest BCUT2D eigenvalue weighted by atomic mass is 10.1. The van der Waals surface area contributed by atoms with Crippen LogP contribution in [0.1, 0.15) is 27.2 Å². The van der Waals surface area contributed by atoms with Crippen molar-refractivity contribution in [1.29, 1.82) is 0 Å². The second-order valence-electron chi connectivity index (χ2n) is 4.04. The monoisotopic (exact) mass is 252 g/mol. The molecule has 6 nitrogen and oxygen atoms in total. The predicted molar refractivity (Wildman–Crippen MR) is 61.2 cm³/mol. The van der Waals surface area contributed by atoms with E-state index in [1.54, 1.807) is 20.8 Å². The van der Waals surface area contributed by atoms with Gasteiger partial charge < -0.3 is 5.11 Å². The maximum absolute atomic E-state index is 11.6. The molecule has 0 aliphatic carbocycles. The molecule has 0 saturated heterocycles. The highest BCUT2D eigenvalue weighted by molar-refractivity contribution is 7.87. The van der Waals surface area contributed by atoms with Crippen molar-refractivity contribution in [2.75, 3.05) is 13.6 Å². The van der Waals surface area contributed by atoms with Crippen molar-refractivity contribution >= 4 is 16.2 Å². The Hall–Kier alpha value is -0.660. The molecule has 96 valence electrons. The molecule has 0 saturated carbocycles. The van der Waals surface area contributed by atoms with Gasteiger partial charge in [0, 0.05) is 19.6 Å². The molecule has 0 spiro atoms. The Morgan fingerprint density at radius 2 is 1.88 bits per heavy atom. The summed E-state index contributed by atoms with van der Waals surface area (Å²) in [5, 5.41) is 8.62. The van der Waals surface area contributed by atoms with Gasteiger partial charge in [-0.25, -0.2) is 4.72 Å². The molecule has 0 amide bonds. The molecule has 0 radical (unpaired) electrons. The molecule has 0 fully saturated rings. The minimum atomic E-state index is -3.49. The largest absolute Gasteiger partial charge is 0.481 e. The number of nitrogens with one attached hydrogen (secondary N) is 1. The lowest BCUT2D eigenvalue weighted by molar-refractivity contribution is -0.141. The highest BCUT2D eigenvalue weighted by Crippen LogP contribution is 2.03. The van der Waals surface area contributed by atoms with Gasteiger partial charge in [-0.1, -0.05) is 6.92 Å². The van der Waals surface area contributed by atoms with Gasteiger partial charge in [-0.15, -0.1) is 0 Å². The molecular formula is C9H20N2O4S. The first kappa shape index (κ1) is 15.3. The summed E-state index contributed by atoms with van der Waals surface area (Å²) < 4.78 is 26.7. The number of hydrogen-bond acceptors (Lipinski definition) is 3. The fraction of sp³-hybridized carbons (Fsp3) is 0.889. The molecule has 0 bridgehead atoms. The smallest absolute Gasteiger partial charge is 0.306 e. The molecule has 1 atom stereocenters. The summed E-state index contributed by atoms with van der Waals surface area (Å²) in [5.41, 5.74) is 0. The van der Waals surface area contributed by atoms with Crippen LogP contribution in [0.5, 0.6) is 0 Å². The van der Waals surface area contributed by atoms with E-state index in [2.05, 4.69) is 4.72 Å². The van der Waals surface area contributed by atoms with E-state index in [4.69, 9.17) is 5.11 Å². The van der Waals surface area contributed by atoms with Gasteiger partial charge in [-0.3, -0.25) is 4.79 Å². The van der Waals surface area contributed by atoms with Crippen LogP contribution in [-0.2, 0) is 15.0 Å². The van der Waals surface area contributed by atoms with Crippen LogP contribution in [-0.4, -0.2) is 43.4 Å². The van der Waals surface area contributed by atoms with E-state index in [-0.39, 0.29) is 19.0 Å². The fourth-order valence-corrected chi connectivity index (χ4v) is 2.04. The first-order valence-corrected chi connectivity index (χ1v) is 6.58. The van der Waals surface area contributed by atoms with E-state index in [0.29, 0.717) is 0 Å². The molecule has 16 heavy (non-hydrogen) atoms. The van der Waals surface area contributed by atoms with Crippen molar-refractivity contribution in [3.8, 4) is 0 Å². The van der Waals surface area contributed by atoms with Gasteiger partial charge >= 0.3 is 5.97 Å². The summed E-state index contributed by atoms with van der Waals surface area (Å²) in [5.74, 6) is -1.47. The van der Waals surface area contributed by atoms with E-state index in [0.717, 1.165) is 0 Å². The van der Waals surface area contributed by atoms with Crippen molar-refractivity contribution in [2.24, 2.45) is 5.92 Å². The van der Waals surface area contributed by atoms with E-state index in [1.807, 2.05) is 0 Å². The first-order valence-electron chi connectivity index (χ1n) is 5.14. The van der Waals surface area contributed by atoms with E-state index in [1.165, 1.54) is 11.4 Å². The summed E-state index contributed by atoms with van der Waals surface area (Å²) in [6.45, 7) is 5.20. The Labute approximate surface area is 96.8 Å². The molecule has 0 aliphatic heterocycles. The van der Waals surface area contributed by atoms with Crippen molar-refractivity contribution < 1.29 is 18.3 Å². The molecule has 0 aromatic heterocycles. The van der Waals surface area contributed by atoms with Crippen LogP contribution in [0.4, 0.5) is 0 Å². The molecule has 2 N–H and O–H groups in total. The van der Waals surface area contributed by atoms with E-state index < -0.39 is 22.1 Å². The zero-order valence-electron chi connectivity index (χ0n) is 10.1. The third-order valence-electron chi connectivity index (χ3n) is 2.39. The molecular weight excluding hydrogens is 232 g/mol. The number of hydrogen-bond donors (Lipinski definition) is 2. The summed E-state index contributed by atoms with van der Waals surface area (Å²) in [4.78, 5) is 10.5. The summed E-state index contributed by atoms with van der Waals surface area (Å²) in [6, 6.07) is -0.130. The van der Waals surface area contributed by atoms with Gasteiger partial charge in [0.05, 0.1) is 5.92 Å². The number of aliphatic carboxylic acids is 1. The number of carbonyl (C=O) groups is 1. The maximum atomic E-state index is 11.6. The minimum Gasteiger partial charge on any atom is -0.481 e. The molecule has 0 heterocycles. The van der Waals surface area contributed by atoms with Crippen LogP contribution < -0.4 is 4.72 Å². The Morgan fingerprint density at radius 3 is 2.25 bits per heavy atom. The maximum Gasteiger partial charge on any atom is 0.306 e. The Bertz CT molecular complexity index is 326. The standard InChI is InChI=1S/C9H20N2O4S/c1-7(2)11(4)16(14,15)10-6-5-8(3)9(12)13/h7-8,10H,5-6H2,1-4H3,(H,12,13). The average molecular weight is 252 g/mol. The van der Waals surface area contributed by atoms with Crippen molar-refractivity contribution in [3.63, 3.8) is 0 Å². The van der Waals surface area contributed by atoms with Crippen molar-refractivity contribution in [1.82, 2.24) is 9.03 Å². The van der Waals surface area contributed by atoms with Crippen LogP contribution in [0.2, 0.25) is 0 Å². The van der Waals surface area contributed by atoms with Gasteiger partial charge in [-0.05, 0) is 20.3 Å². The van der Waals surface area contributed by atoms with Crippen LogP contribution in [0.15, 0.2) is 0 Å². The summed E-state index contributed by atoms with van der Waals surface area (Å²) in [7, 11) is -2.01. The molecule has 1 unspecified atom stereocenters. The number of rotatable bonds is 7. The molecule has 7 heteroatoms. The fourth-order valence-electron chi connectivity index (χ4n) is 0.907. The van der Waals surface area contributed by atoms with E-state index >= 15 is 0 Å². The highest BCUT2D eigenvalue weighted by Gasteiger charge is 2.20. The van der Waals surface area contributed by atoms with Gasteiger partial charge in [0.15, 0.2) is 0 Å². The quantitative estimate of drug-likeness (QED) is 0.681. The van der Waals surface area contributed by atoms with E-state index in [9.17, 15) is 13.2 Å². The third-order valence-corrected chi connectivity index (χ3v) is 4.14. The Balaban J connectivity index is 4.16. The molecule has 0 rings (SSSR count). The normalized spacial score (nSPS) is 14.4. The number of carboxylic acid groups (broad SMARTS) is 1. The molecule has 0 aromatic carbocycles. The van der Waals surface area contributed by atoms with Crippen LogP contribution >= 0.6 is 0 Å². The third kappa shape index (κ3) is 4.91. The summed E-state index contributed by atoms with van der Waals surface area (Å²) >= 11 is 0. The lowest BCUT2D eigenvalue weighted by Crippen LogP contribution is -2.42. The Kier molecular flexibility index (Phi) is 5.91. The van der Waals surface area contributed by atoms with Gasteiger partial charge in [0.2, 0.25) is 0 Å². The number of nitrogens with zero attached hydrogens (tertiary/aromatic N) is 1. The topological polar surface area (TPSA) is 86.7 Å². The second kappa shape index (κ2) is 6.17. The van der Waals surface area contributed by atoms with Gasteiger partial charge in [0.1, 0.15) is 0 Å². The second-order valence-corrected chi connectivity index (χ2v) is 5.85. The SMILES string of the molecule is CC(CCNS(=O)(=O)N(C)C(C)C)C(=O)O. The zero-order valence-corrected chi connectivity index (χ0v) is 10.9. The average Bonchev–Trinajstić information content (AvgIpc) is 2.15. The summed E-state index contributed by atoms with van der Waals surface area (Å²) in [6.07, 6.45) is 0.278. The van der Waals surface area contributed by atoms with Crippen molar-refractivity contribution in [3.05, 3.63) is 0 Å². The first-order chi connectivity index (χ1) is 7.18. The van der Waals surface area contributed by atoms with Crippen LogP contribution in [0.25, 0.3) is 0 Å². The van der Waals surface area contributed by atoms with Crippen LogP contribution in [0, 0.1) is 5.92 Å². The van der Waals surface area contributed by atoms with Crippen molar-refractivity contribution in [2.45, 2.75) is 33.2 Å². The molecule has 0 aromatic rings. The predicted octanol–water partition coefficient (Wildman–Crippen LogP) is 0.272. The van der Waals surface area contributed by atoms with Gasteiger partial charge in [0.25, 0.3) is 10.2 Å².